The molecule has 0 aliphatic heterocycles. The van der Waals surface area contributed by atoms with Crippen LogP contribution < -0.4 is 11.1 Å². The van der Waals surface area contributed by atoms with E-state index in [9.17, 15) is 9.18 Å². The number of hydrogen-bond donors (Lipinski definition) is 2. The van der Waals surface area contributed by atoms with Crippen LogP contribution in [0.4, 0.5) is 10.1 Å². The molecule has 4 nitrogen and oxygen atoms in total. The average molecular weight is 259 g/mol. The van der Waals surface area contributed by atoms with E-state index in [0.717, 1.165) is 11.6 Å². The Morgan fingerprint density at radius 1 is 1.32 bits per heavy atom. The number of nitrogen functional groups attached to an aromatic ring is 1. The zero-order valence-corrected chi connectivity index (χ0v) is 10.4. The number of aromatic nitrogens is 1. The van der Waals surface area contributed by atoms with Crippen molar-refractivity contribution in [2.75, 3.05) is 5.73 Å². The minimum absolute atomic E-state index is 0.0184. The SMILES string of the molecule is CC(NC(=O)c1ccc(N)cc1F)c1ccncc1. The largest absolute Gasteiger partial charge is 0.399 e. The summed E-state index contributed by atoms with van der Waals surface area (Å²) in [4.78, 5) is 15.9. The average Bonchev–Trinajstić information content (AvgIpc) is 2.39. The molecular formula is C14H14FN3O. The molecule has 98 valence electrons. The van der Waals surface area contributed by atoms with Crippen molar-refractivity contribution in [2.24, 2.45) is 0 Å². The Balaban J connectivity index is 2.13. The zero-order chi connectivity index (χ0) is 13.8. The number of carbonyl (C=O) groups is 1. The summed E-state index contributed by atoms with van der Waals surface area (Å²) >= 11 is 0. The van der Waals surface area contributed by atoms with E-state index in [1.807, 2.05) is 6.92 Å². The maximum absolute atomic E-state index is 13.6. The highest BCUT2D eigenvalue weighted by atomic mass is 19.1. The second-order valence-electron chi connectivity index (χ2n) is 4.21. The van der Waals surface area contributed by atoms with Crippen LogP contribution in [0.5, 0.6) is 0 Å². The Morgan fingerprint density at radius 2 is 2.00 bits per heavy atom. The van der Waals surface area contributed by atoms with E-state index >= 15 is 0 Å². The molecule has 0 aliphatic rings. The van der Waals surface area contributed by atoms with Crippen molar-refractivity contribution in [3.63, 3.8) is 0 Å². The summed E-state index contributed by atoms with van der Waals surface area (Å²) < 4.78 is 13.6. The molecular weight excluding hydrogens is 245 g/mol. The molecule has 0 fully saturated rings. The molecule has 0 saturated heterocycles. The minimum Gasteiger partial charge on any atom is -0.399 e. The lowest BCUT2D eigenvalue weighted by Crippen LogP contribution is -2.27. The first-order chi connectivity index (χ1) is 9.08. The quantitative estimate of drug-likeness (QED) is 0.831. The second-order valence-corrected chi connectivity index (χ2v) is 4.21. The summed E-state index contributed by atoms with van der Waals surface area (Å²) in [6.07, 6.45) is 3.28. The highest BCUT2D eigenvalue weighted by molar-refractivity contribution is 5.95. The molecule has 0 aliphatic carbocycles. The van der Waals surface area contributed by atoms with Crippen molar-refractivity contribution in [3.8, 4) is 0 Å². The maximum atomic E-state index is 13.6. The number of nitrogens with one attached hydrogen (secondary N) is 1. The van der Waals surface area contributed by atoms with Gasteiger partial charge in [-0.15, -0.1) is 0 Å². The number of nitrogens with two attached hydrogens (primary N) is 1. The monoisotopic (exact) mass is 259 g/mol. The van der Waals surface area contributed by atoms with Crippen molar-refractivity contribution >= 4 is 11.6 Å². The molecule has 1 aromatic carbocycles. The molecule has 0 bridgehead atoms. The molecule has 19 heavy (non-hydrogen) atoms. The molecule has 2 rings (SSSR count). The van der Waals surface area contributed by atoms with Gasteiger partial charge in [0.1, 0.15) is 5.82 Å². The smallest absolute Gasteiger partial charge is 0.254 e. The summed E-state index contributed by atoms with van der Waals surface area (Å²) in [6.45, 7) is 1.82. The molecule has 0 saturated carbocycles. The van der Waals surface area contributed by atoms with Gasteiger partial charge in [-0.05, 0) is 42.8 Å². The highest BCUT2D eigenvalue weighted by Gasteiger charge is 2.15. The number of nitrogens with zero attached hydrogens (tertiary/aromatic N) is 1. The first kappa shape index (κ1) is 13.0. The van der Waals surface area contributed by atoms with E-state index in [4.69, 9.17) is 5.73 Å². The van der Waals surface area contributed by atoms with Crippen molar-refractivity contribution in [2.45, 2.75) is 13.0 Å². The van der Waals surface area contributed by atoms with Gasteiger partial charge in [0.15, 0.2) is 0 Å². The molecule has 1 heterocycles. The van der Waals surface area contributed by atoms with E-state index in [0.29, 0.717) is 0 Å². The Labute approximate surface area is 110 Å². The number of carbonyl (C=O) groups excluding carboxylic acids is 1. The Bertz CT molecular complexity index is 586. The van der Waals surface area contributed by atoms with Crippen molar-refractivity contribution in [1.82, 2.24) is 10.3 Å². The van der Waals surface area contributed by atoms with Crippen LogP contribution >= 0.6 is 0 Å². The third-order valence-corrected chi connectivity index (χ3v) is 2.79. The lowest BCUT2D eigenvalue weighted by Gasteiger charge is -2.14. The van der Waals surface area contributed by atoms with Crippen LogP contribution in [-0.4, -0.2) is 10.9 Å². The van der Waals surface area contributed by atoms with Gasteiger partial charge in [0.05, 0.1) is 11.6 Å². The fourth-order valence-corrected chi connectivity index (χ4v) is 1.73. The van der Waals surface area contributed by atoms with Gasteiger partial charge in [-0.2, -0.15) is 0 Å². The standard InChI is InChI=1S/C14H14FN3O/c1-9(10-4-6-17-7-5-10)18-14(19)12-3-2-11(16)8-13(12)15/h2-9H,16H2,1H3,(H,18,19). The third-order valence-electron chi connectivity index (χ3n) is 2.79. The van der Waals surface area contributed by atoms with Gasteiger partial charge in [0, 0.05) is 18.1 Å². The summed E-state index contributed by atoms with van der Waals surface area (Å²) in [5, 5.41) is 2.73. The minimum atomic E-state index is -0.626. The van der Waals surface area contributed by atoms with Crippen molar-refractivity contribution in [3.05, 3.63) is 59.7 Å². The van der Waals surface area contributed by atoms with E-state index in [2.05, 4.69) is 10.3 Å². The number of halogens is 1. The summed E-state index contributed by atoms with van der Waals surface area (Å²) in [5.41, 5.74) is 6.61. The van der Waals surface area contributed by atoms with E-state index in [-0.39, 0.29) is 17.3 Å². The molecule has 1 aromatic heterocycles. The molecule has 1 unspecified atom stereocenters. The predicted molar refractivity (Wildman–Crippen MR) is 70.9 cm³/mol. The second kappa shape index (κ2) is 5.48. The van der Waals surface area contributed by atoms with E-state index in [1.54, 1.807) is 24.5 Å². The van der Waals surface area contributed by atoms with Crippen LogP contribution in [0, 0.1) is 5.82 Å². The first-order valence-corrected chi connectivity index (χ1v) is 5.83. The maximum Gasteiger partial charge on any atom is 0.254 e. The van der Waals surface area contributed by atoms with Gasteiger partial charge in [0.2, 0.25) is 0 Å². The highest BCUT2D eigenvalue weighted by Crippen LogP contribution is 2.15. The zero-order valence-electron chi connectivity index (χ0n) is 10.4. The molecule has 3 N–H and O–H groups in total. The van der Waals surface area contributed by atoms with Gasteiger partial charge in [-0.25, -0.2) is 4.39 Å². The number of pyridine rings is 1. The Kier molecular flexibility index (Phi) is 3.75. The van der Waals surface area contributed by atoms with Crippen LogP contribution in [0.15, 0.2) is 42.7 Å². The Hall–Kier alpha value is -2.43. The lowest BCUT2D eigenvalue weighted by atomic mass is 10.1. The van der Waals surface area contributed by atoms with Crippen molar-refractivity contribution < 1.29 is 9.18 Å². The number of hydrogen-bond acceptors (Lipinski definition) is 3. The van der Waals surface area contributed by atoms with Gasteiger partial charge >= 0.3 is 0 Å². The Morgan fingerprint density at radius 3 is 2.63 bits per heavy atom. The van der Waals surface area contributed by atoms with Crippen LogP contribution in [0.2, 0.25) is 0 Å². The van der Waals surface area contributed by atoms with Gasteiger partial charge in [0.25, 0.3) is 5.91 Å². The molecule has 1 amide bonds. The predicted octanol–water partition coefficient (Wildman–Crippen LogP) is 2.29. The van der Waals surface area contributed by atoms with Crippen LogP contribution in [0.25, 0.3) is 0 Å². The van der Waals surface area contributed by atoms with E-state index < -0.39 is 11.7 Å². The fourth-order valence-electron chi connectivity index (χ4n) is 1.73. The lowest BCUT2D eigenvalue weighted by molar-refractivity contribution is 0.0936. The molecule has 5 heteroatoms. The molecule has 1 atom stereocenters. The number of anilines is 1. The van der Waals surface area contributed by atoms with Crippen LogP contribution in [-0.2, 0) is 0 Å². The van der Waals surface area contributed by atoms with Gasteiger partial charge in [-0.3, -0.25) is 9.78 Å². The van der Waals surface area contributed by atoms with Gasteiger partial charge < -0.3 is 11.1 Å². The van der Waals surface area contributed by atoms with Crippen LogP contribution in [0.3, 0.4) is 0 Å². The summed E-state index contributed by atoms with van der Waals surface area (Å²) in [6, 6.07) is 7.36. The van der Waals surface area contributed by atoms with Crippen LogP contribution in [0.1, 0.15) is 28.9 Å². The fraction of sp³-hybridized carbons (Fsp3) is 0.143. The van der Waals surface area contributed by atoms with Crippen molar-refractivity contribution in [1.29, 1.82) is 0 Å². The first-order valence-electron chi connectivity index (χ1n) is 5.83. The van der Waals surface area contributed by atoms with Gasteiger partial charge in [-0.1, -0.05) is 0 Å². The summed E-state index contributed by atoms with van der Waals surface area (Å²) in [5.74, 6) is -1.10. The normalized spacial score (nSPS) is 11.9. The summed E-state index contributed by atoms with van der Waals surface area (Å²) in [7, 11) is 0. The number of amides is 1. The molecule has 0 radical (unpaired) electrons. The molecule has 2 aromatic rings. The topological polar surface area (TPSA) is 68.0 Å². The van der Waals surface area contributed by atoms with E-state index in [1.165, 1.54) is 12.1 Å². The number of rotatable bonds is 3. The third kappa shape index (κ3) is 3.07. The molecule has 0 spiro atoms. The number of benzene rings is 1.